The van der Waals surface area contributed by atoms with Crippen LogP contribution in [0.15, 0.2) is 53.7 Å². The van der Waals surface area contributed by atoms with Crippen LogP contribution in [-0.4, -0.2) is 35.5 Å². The van der Waals surface area contributed by atoms with Crippen LogP contribution in [-0.2, 0) is 12.7 Å². The van der Waals surface area contributed by atoms with Crippen LogP contribution in [0.2, 0.25) is 0 Å². The standard InChI is InChI=1S/C23H27F3N2O2/c1-2-15-30-21-9-3-17(4-10-21)16-28-13-11-19(12-14-28)22(27-29)18-5-7-20(8-6-18)23(24,25)26/h3-10,19,29H,2,11-16H2,1H3/b27-22+. The van der Waals surface area contributed by atoms with Gasteiger partial charge in [0.1, 0.15) is 5.75 Å². The van der Waals surface area contributed by atoms with Crippen molar-refractivity contribution in [3.63, 3.8) is 0 Å². The highest BCUT2D eigenvalue weighted by atomic mass is 19.4. The van der Waals surface area contributed by atoms with Crippen molar-refractivity contribution in [1.82, 2.24) is 4.90 Å². The summed E-state index contributed by atoms with van der Waals surface area (Å²) >= 11 is 0. The van der Waals surface area contributed by atoms with Crippen LogP contribution >= 0.6 is 0 Å². The molecule has 7 heteroatoms. The largest absolute Gasteiger partial charge is 0.494 e. The highest BCUT2D eigenvalue weighted by Gasteiger charge is 2.31. The molecule has 1 fully saturated rings. The summed E-state index contributed by atoms with van der Waals surface area (Å²) in [7, 11) is 0. The van der Waals surface area contributed by atoms with Gasteiger partial charge in [0.25, 0.3) is 0 Å². The van der Waals surface area contributed by atoms with Gasteiger partial charge in [-0.05, 0) is 67.7 Å². The zero-order valence-corrected chi connectivity index (χ0v) is 17.0. The van der Waals surface area contributed by atoms with Crippen molar-refractivity contribution >= 4 is 5.71 Å². The number of ether oxygens (including phenoxy) is 1. The average Bonchev–Trinajstić information content (AvgIpc) is 2.75. The zero-order valence-electron chi connectivity index (χ0n) is 17.0. The summed E-state index contributed by atoms with van der Waals surface area (Å²) in [6, 6.07) is 12.9. The van der Waals surface area contributed by atoms with Gasteiger partial charge in [-0.25, -0.2) is 0 Å². The smallest absolute Gasteiger partial charge is 0.416 e. The number of likely N-dealkylation sites (tertiary alicyclic amines) is 1. The van der Waals surface area contributed by atoms with E-state index in [4.69, 9.17) is 4.74 Å². The summed E-state index contributed by atoms with van der Waals surface area (Å²) in [5, 5.41) is 12.9. The summed E-state index contributed by atoms with van der Waals surface area (Å²) in [5.41, 5.74) is 1.49. The lowest BCUT2D eigenvalue weighted by Gasteiger charge is -2.32. The van der Waals surface area contributed by atoms with Crippen molar-refractivity contribution in [1.29, 1.82) is 0 Å². The Morgan fingerprint density at radius 2 is 1.70 bits per heavy atom. The lowest BCUT2D eigenvalue weighted by Crippen LogP contribution is -2.36. The third kappa shape index (κ3) is 5.75. The van der Waals surface area contributed by atoms with Crippen molar-refractivity contribution in [3.8, 4) is 5.75 Å². The van der Waals surface area contributed by atoms with Crippen molar-refractivity contribution < 1.29 is 23.1 Å². The van der Waals surface area contributed by atoms with E-state index < -0.39 is 11.7 Å². The molecule has 2 aromatic carbocycles. The maximum absolute atomic E-state index is 12.8. The SMILES string of the molecule is CCCOc1ccc(CN2CCC(/C(=N/O)c3ccc(C(F)(F)F)cc3)CC2)cc1. The second kappa shape index (κ2) is 9.98. The van der Waals surface area contributed by atoms with E-state index in [-0.39, 0.29) is 5.92 Å². The van der Waals surface area contributed by atoms with Crippen molar-refractivity contribution in [3.05, 3.63) is 65.2 Å². The third-order valence-corrected chi connectivity index (χ3v) is 5.39. The Labute approximate surface area is 175 Å². The molecule has 0 atom stereocenters. The van der Waals surface area contributed by atoms with Gasteiger partial charge in [0.2, 0.25) is 0 Å². The Morgan fingerprint density at radius 3 is 2.23 bits per heavy atom. The molecular weight excluding hydrogens is 393 g/mol. The number of halogens is 3. The molecule has 1 aliphatic rings. The number of benzene rings is 2. The van der Waals surface area contributed by atoms with Gasteiger partial charge in [-0.1, -0.05) is 36.3 Å². The maximum Gasteiger partial charge on any atom is 0.416 e. The van der Waals surface area contributed by atoms with Gasteiger partial charge >= 0.3 is 6.18 Å². The summed E-state index contributed by atoms with van der Waals surface area (Å²) < 4.78 is 43.9. The topological polar surface area (TPSA) is 45.1 Å². The molecule has 0 radical (unpaired) electrons. The van der Waals surface area contributed by atoms with Gasteiger partial charge in [-0.3, -0.25) is 4.90 Å². The fraction of sp³-hybridized carbons (Fsp3) is 0.435. The van der Waals surface area contributed by atoms with Gasteiger partial charge in [0, 0.05) is 12.5 Å². The van der Waals surface area contributed by atoms with Gasteiger partial charge in [0.15, 0.2) is 0 Å². The lowest BCUT2D eigenvalue weighted by atomic mass is 9.87. The first-order valence-electron chi connectivity index (χ1n) is 10.2. The van der Waals surface area contributed by atoms with Crippen molar-refractivity contribution in [2.24, 2.45) is 11.1 Å². The van der Waals surface area contributed by atoms with E-state index >= 15 is 0 Å². The Hall–Kier alpha value is -2.54. The van der Waals surface area contributed by atoms with Crippen LogP contribution in [0.5, 0.6) is 5.75 Å². The van der Waals surface area contributed by atoms with E-state index in [0.717, 1.165) is 56.8 Å². The van der Waals surface area contributed by atoms with E-state index in [1.54, 1.807) is 0 Å². The Balaban J connectivity index is 1.55. The van der Waals surface area contributed by atoms with Crippen molar-refractivity contribution in [2.75, 3.05) is 19.7 Å². The number of hydrogen-bond acceptors (Lipinski definition) is 4. The quantitative estimate of drug-likeness (QED) is 0.361. The molecule has 0 unspecified atom stereocenters. The summed E-state index contributed by atoms with van der Waals surface area (Å²) in [4.78, 5) is 2.33. The van der Waals surface area contributed by atoms with Crippen LogP contribution in [0.25, 0.3) is 0 Å². The molecule has 30 heavy (non-hydrogen) atoms. The predicted octanol–water partition coefficient (Wildman–Crippen LogP) is 5.58. The first kappa shape index (κ1) is 22.2. The summed E-state index contributed by atoms with van der Waals surface area (Å²) in [6.07, 6.45) is -1.82. The molecule has 2 aromatic rings. The first-order chi connectivity index (χ1) is 14.4. The molecule has 0 amide bonds. The Morgan fingerprint density at radius 1 is 1.07 bits per heavy atom. The molecule has 162 valence electrons. The fourth-order valence-electron chi connectivity index (χ4n) is 3.74. The second-order valence-electron chi connectivity index (χ2n) is 7.60. The highest BCUT2D eigenvalue weighted by Crippen LogP contribution is 2.30. The molecule has 1 heterocycles. The Bertz CT molecular complexity index is 825. The fourth-order valence-corrected chi connectivity index (χ4v) is 3.74. The van der Waals surface area contributed by atoms with Gasteiger partial charge in [-0.2, -0.15) is 13.2 Å². The summed E-state index contributed by atoms with van der Waals surface area (Å²) in [6.45, 7) is 5.27. The summed E-state index contributed by atoms with van der Waals surface area (Å²) in [5.74, 6) is 0.896. The van der Waals surface area contributed by atoms with Crippen LogP contribution in [0.3, 0.4) is 0 Å². The van der Waals surface area contributed by atoms with Gasteiger partial charge in [-0.15, -0.1) is 0 Å². The molecule has 1 aliphatic heterocycles. The van der Waals surface area contributed by atoms with E-state index in [1.807, 2.05) is 12.1 Å². The number of hydrogen-bond donors (Lipinski definition) is 1. The number of piperidine rings is 1. The molecule has 3 rings (SSSR count). The van der Waals surface area contributed by atoms with E-state index in [1.165, 1.54) is 17.7 Å². The van der Waals surface area contributed by atoms with Crippen LogP contribution in [0.1, 0.15) is 42.9 Å². The highest BCUT2D eigenvalue weighted by molar-refractivity contribution is 6.02. The molecular formula is C23H27F3N2O2. The Kier molecular flexibility index (Phi) is 7.37. The monoisotopic (exact) mass is 420 g/mol. The molecule has 0 aliphatic carbocycles. The lowest BCUT2D eigenvalue weighted by molar-refractivity contribution is -0.137. The number of nitrogens with zero attached hydrogens (tertiary/aromatic N) is 2. The average molecular weight is 420 g/mol. The predicted molar refractivity (Wildman–Crippen MR) is 110 cm³/mol. The van der Waals surface area contributed by atoms with Gasteiger partial charge in [0.05, 0.1) is 17.9 Å². The molecule has 0 aromatic heterocycles. The molecule has 0 bridgehead atoms. The van der Waals surface area contributed by atoms with Crippen LogP contribution < -0.4 is 4.74 Å². The minimum Gasteiger partial charge on any atom is -0.494 e. The second-order valence-corrected chi connectivity index (χ2v) is 7.60. The number of alkyl halides is 3. The first-order valence-corrected chi connectivity index (χ1v) is 10.2. The van der Waals surface area contributed by atoms with Gasteiger partial charge < -0.3 is 9.94 Å². The van der Waals surface area contributed by atoms with Crippen molar-refractivity contribution in [2.45, 2.75) is 38.9 Å². The number of oxime groups is 1. The normalized spacial score (nSPS) is 16.6. The minimum absolute atomic E-state index is 0.0211. The minimum atomic E-state index is -4.37. The van der Waals surface area contributed by atoms with Crippen LogP contribution in [0.4, 0.5) is 13.2 Å². The third-order valence-electron chi connectivity index (χ3n) is 5.39. The van der Waals surface area contributed by atoms with E-state index in [2.05, 4.69) is 29.1 Å². The molecule has 1 saturated heterocycles. The molecule has 0 spiro atoms. The maximum atomic E-state index is 12.8. The van der Waals surface area contributed by atoms with Crippen LogP contribution in [0, 0.1) is 5.92 Å². The molecule has 0 saturated carbocycles. The molecule has 4 nitrogen and oxygen atoms in total. The zero-order chi connectivity index (χ0) is 21.6. The van der Waals surface area contributed by atoms with E-state index in [0.29, 0.717) is 17.9 Å². The number of rotatable bonds is 7. The molecule has 1 N–H and O–H groups in total. The van der Waals surface area contributed by atoms with E-state index in [9.17, 15) is 18.4 Å².